The molecule has 0 radical (unpaired) electrons. The minimum Gasteiger partial charge on any atom is -0.496 e. The number of benzene rings is 1. The summed E-state index contributed by atoms with van der Waals surface area (Å²) in [6.45, 7) is 0. The Kier molecular flexibility index (Phi) is 7.67. The number of hydrogen-bond donors (Lipinski definition) is 1. The summed E-state index contributed by atoms with van der Waals surface area (Å²) < 4.78 is 52.1. The van der Waals surface area contributed by atoms with Gasteiger partial charge >= 0.3 is 6.18 Å². The van der Waals surface area contributed by atoms with E-state index in [0.717, 1.165) is 0 Å². The Morgan fingerprint density at radius 1 is 1.00 bits per heavy atom. The summed E-state index contributed by atoms with van der Waals surface area (Å²) in [7, 11) is 4.32. The molecular weight excluding hydrogens is 311 g/mol. The van der Waals surface area contributed by atoms with Crippen LogP contribution in [-0.2, 0) is 0 Å². The summed E-state index contributed by atoms with van der Waals surface area (Å²) in [6.07, 6.45) is -5.41. The number of hydrogen-bond acceptors (Lipinski definition) is 4. The van der Waals surface area contributed by atoms with Crippen molar-refractivity contribution in [1.82, 2.24) is 0 Å². The minimum absolute atomic E-state index is 0. The molecule has 4 nitrogen and oxygen atoms in total. The van der Waals surface area contributed by atoms with E-state index in [-0.39, 0.29) is 18.8 Å². The molecule has 0 heterocycles. The summed E-state index contributed by atoms with van der Waals surface area (Å²) in [5, 5.41) is 0. The van der Waals surface area contributed by atoms with Crippen molar-refractivity contribution < 1.29 is 27.4 Å². The normalized spacial score (nSPS) is 12.3. The van der Waals surface area contributed by atoms with Gasteiger partial charge in [0, 0.05) is 24.1 Å². The minimum atomic E-state index is -4.23. The Bertz CT molecular complexity index is 455. The maximum atomic E-state index is 12.2. The van der Waals surface area contributed by atoms with Crippen molar-refractivity contribution in [2.24, 2.45) is 5.73 Å². The lowest BCUT2D eigenvalue weighted by Gasteiger charge is -2.19. The van der Waals surface area contributed by atoms with Crippen molar-refractivity contribution in [2.45, 2.75) is 25.1 Å². The summed E-state index contributed by atoms with van der Waals surface area (Å²) in [5.41, 5.74) is 6.27. The van der Waals surface area contributed by atoms with Crippen molar-refractivity contribution in [3.63, 3.8) is 0 Å². The van der Waals surface area contributed by atoms with Gasteiger partial charge in [-0.1, -0.05) is 0 Å². The quantitative estimate of drug-likeness (QED) is 0.868. The first-order valence-electron chi connectivity index (χ1n) is 5.94. The van der Waals surface area contributed by atoms with Crippen LogP contribution in [0.3, 0.4) is 0 Å². The van der Waals surface area contributed by atoms with Crippen molar-refractivity contribution in [2.75, 3.05) is 21.3 Å². The summed E-state index contributed by atoms with van der Waals surface area (Å²) in [6, 6.07) is 2.28. The molecule has 0 bridgehead atoms. The lowest BCUT2D eigenvalue weighted by molar-refractivity contribution is -0.136. The van der Waals surface area contributed by atoms with Gasteiger partial charge in [-0.15, -0.1) is 12.4 Å². The molecule has 1 atom stereocenters. The molecule has 8 heteroatoms. The van der Waals surface area contributed by atoms with Crippen LogP contribution in [0.1, 0.15) is 24.4 Å². The van der Waals surface area contributed by atoms with Gasteiger partial charge in [0.2, 0.25) is 0 Å². The fourth-order valence-electron chi connectivity index (χ4n) is 1.82. The van der Waals surface area contributed by atoms with Gasteiger partial charge in [0.1, 0.15) is 5.75 Å². The van der Waals surface area contributed by atoms with E-state index in [2.05, 4.69) is 0 Å². The average molecular weight is 330 g/mol. The predicted octanol–water partition coefficient (Wildman–Crippen LogP) is 3.48. The second-order valence-corrected chi connectivity index (χ2v) is 4.21. The smallest absolute Gasteiger partial charge is 0.389 e. The Labute approximate surface area is 127 Å². The second-order valence-electron chi connectivity index (χ2n) is 4.21. The zero-order valence-corrected chi connectivity index (χ0v) is 12.8. The third-order valence-electron chi connectivity index (χ3n) is 2.87. The number of halogens is 4. The molecule has 0 saturated heterocycles. The fourth-order valence-corrected chi connectivity index (χ4v) is 1.82. The van der Waals surface area contributed by atoms with E-state index >= 15 is 0 Å². The Morgan fingerprint density at radius 3 is 1.90 bits per heavy atom. The van der Waals surface area contributed by atoms with Gasteiger partial charge in [-0.2, -0.15) is 13.2 Å². The summed E-state index contributed by atoms with van der Waals surface area (Å²) in [5.74, 6) is 1.19. The maximum absolute atomic E-state index is 12.2. The predicted molar refractivity (Wildman–Crippen MR) is 75.6 cm³/mol. The van der Waals surface area contributed by atoms with Gasteiger partial charge < -0.3 is 19.9 Å². The van der Waals surface area contributed by atoms with Crippen LogP contribution in [0.4, 0.5) is 13.2 Å². The molecule has 0 spiro atoms. The third kappa shape index (κ3) is 5.51. The molecule has 1 aromatic rings. The van der Waals surface area contributed by atoms with E-state index in [1.54, 1.807) is 12.1 Å². The van der Waals surface area contributed by atoms with Crippen LogP contribution in [0.2, 0.25) is 0 Å². The number of rotatable bonds is 6. The highest BCUT2D eigenvalue weighted by molar-refractivity contribution is 5.85. The molecule has 21 heavy (non-hydrogen) atoms. The first kappa shape index (κ1) is 19.7. The van der Waals surface area contributed by atoms with Crippen molar-refractivity contribution >= 4 is 12.4 Å². The number of ether oxygens (including phenoxy) is 3. The molecule has 0 amide bonds. The highest BCUT2D eigenvalue weighted by atomic mass is 35.5. The molecule has 1 aromatic carbocycles. The molecular formula is C13H19ClF3NO3. The standard InChI is InChI=1S/C13H18F3NO3.ClH/c1-18-10-7-12(20-3)11(19-2)6-8(10)9(17)4-5-13(14,15)16;/h6-7,9H,4-5,17H2,1-3H3;1H/t9-;/m1./s1. The van der Waals surface area contributed by atoms with Crippen molar-refractivity contribution in [3.05, 3.63) is 17.7 Å². The molecule has 0 unspecified atom stereocenters. The van der Waals surface area contributed by atoms with Crippen molar-refractivity contribution in [3.8, 4) is 17.2 Å². The highest BCUT2D eigenvalue weighted by Crippen LogP contribution is 2.38. The third-order valence-corrected chi connectivity index (χ3v) is 2.87. The monoisotopic (exact) mass is 329 g/mol. The van der Waals surface area contributed by atoms with Crippen LogP contribution in [0.15, 0.2) is 12.1 Å². The highest BCUT2D eigenvalue weighted by Gasteiger charge is 2.29. The summed E-state index contributed by atoms with van der Waals surface area (Å²) >= 11 is 0. The lowest BCUT2D eigenvalue weighted by Crippen LogP contribution is -2.16. The second kappa shape index (κ2) is 8.19. The molecule has 2 N–H and O–H groups in total. The van der Waals surface area contributed by atoms with E-state index < -0.39 is 18.6 Å². The van der Waals surface area contributed by atoms with Gasteiger partial charge in [-0.25, -0.2) is 0 Å². The summed E-state index contributed by atoms with van der Waals surface area (Å²) in [4.78, 5) is 0. The molecule has 1 rings (SSSR count). The Hall–Kier alpha value is -1.34. The van der Waals surface area contributed by atoms with E-state index in [9.17, 15) is 13.2 Å². The van der Waals surface area contributed by atoms with Gasteiger partial charge in [0.25, 0.3) is 0 Å². The number of methoxy groups -OCH3 is 3. The van der Waals surface area contributed by atoms with E-state index in [0.29, 0.717) is 22.8 Å². The van der Waals surface area contributed by atoms with Crippen LogP contribution in [0.5, 0.6) is 17.2 Å². The Balaban J connectivity index is 0.00000400. The van der Waals surface area contributed by atoms with E-state index in [1.807, 2.05) is 0 Å². The van der Waals surface area contributed by atoms with Gasteiger partial charge in [-0.3, -0.25) is 0 Å². The SMILES string of the molecule is COc1cc(OC)c([C@H](N)CCC(F)(F)F)cc1OC.Cl. The van der Waals surface area contributed by atoms with Gasteiger partial charge in [-0.05, 0) is 12.5 Å². The first-order valence-corrected chi connectivity index (χ1v) is 5.94. The first-order chi connectivity index (χ1) is 9.32. The molecule has 0 fully saturated rings. The maximum Gasteiger partial charge on any atom is 0.389 e. The lowest BCUT2D eigenvalue weighted by atomic mass is 10.0. The van der Waals surface area contributed by atoms with Crippen LogP contribution in [-0.4, -0.2) is 27.5 Å². The van der Waals surface area contributed by atoms with Crippen LogP contribution in [0.25, 0.3) is 0 Å². The van der Waals surface area contributed by atoms with Crippen molar-refractivity contribution in [1.29, 1.82) is 0 Å². The molecule has 0 aliphatic carbocycles. The van der Waals surface area contributed by atoms with E-state index in [4.69, 9.17) is 19.9 Å². The molecule has 122 valence electrons. The Morgan fingerprint density at radius 2 is 1.48 bits per heavy atom. The molecule has 0 aromatic heterocycles. The fraction of sp³-hybridized carbons (Fsp3) is 0.538. The number of alkyl halides is 3. The van der Waals surface area contributed by atoms with Crippen LogP contribution >= 0.6 is 12.4 Å². The molecule has 0 aliphatic rings. The average Bonchev–Trinajstić information content (AvgIpc) is 2.42. The topological polar surface area (TPSA) is 53.7 Å². The van der Waals surface area contributed by atoms with Crippen LogP contribution in [0, 0.1) is 0 Å². The van der Waals surface area contributed by atoms with E-state index in [1.165, 1.54) is 21.3 Å². The largest absolute Gasteiger partial charge is 0.496 e. The zero-order valence-electron chi connectivity index (χ0n) is 12.0. The zero-order chi connectivity index (χ0) is 15.3. The van der Waals surface area contributed by atoms with Gasteiger partial charge in [0.15, 0.2) is 11.5 Å². The molecule has 0 saturated carbocycles. The molecule has 0 aliphatic heterocycles. The van der Waals surface area contributed by atoms with Gasteiger partial charge in [0.05, 0.1) is 21.3 Å². The number of nitrogens with two attached hydrogens (primary N) is 1. The van der Waals surface area contributed by atoms with Crippen LogP contribution < -0.4 is 19.9 Å².